The molecule has 0 fully saturated rings. The van der Waals surface area contributed by atoms with Crippen LogP contribution in [0, 0.1) is 0 Å². The van der Waals surface area contributed by atoms with Gasteiger partial charge in [0, 0.05) is 11.5 Å². The Balaban J connectivity index is 2.05. The zero-order valence-corrected chi connectivity index (χ0v) is 9.80. The standard InChI is InChI=1S/C11H11NOS2/c14-7-3-4-8-15-11-12-9-5-1-2-6-10(9)13-11/h1-6,14H,7-8H2. The second-order valence-corrected chi connectivity index (χ2v) is 4.25. The van der Waals surface area contributed by atoms with E-state index < -0.39 is 0 Å². The van der Waals surface area contributed by atoms with Gasteiger partial charge in [-0.3, -0.25) is 0 Å². The summed E-state index contributed by atoms with van der Waals surface area (Å²) in [7, 11) is 0. The molecular weight excluding hydrogens is 226 g/mol. The zero-order chi connectivity index (χ0) is 10.5. The van der Waals surface area contributed by atoms with E-state index in [4.69, 9.17) is 4.42 Å². The minimum absolute atomic E-state index is 0.722. The molecular formula is C11H11NOS2. The Bertz CT molecular complexity index is 431. The molecule has 0 saturated heterocycles. The molecule has 0 aliphatic carbocycles. The quantitative estimate of drug-likeness (QED) is 0.501. The van der Waals surface area contributed by atoms with Crippen molar-refractivity contribution in [2.24, 2.45) is 0 Å². The fraction of sp³-hybridized carbons (Fsp3) is 0.182. The van der Waals surface area contributed by atoms with E-state index in [2.05, 4.69) is 23.7 Å². The minimum Gasteiger partial charge on any atom is -0.431 e. The Kier molecular flexibility index (Phi) is 3.75. The Morgan fingerprint density at radius 2 is 2.20 bits per heavy atom. The van der Waals surface area contributed by atoms with E-state index in [0.29, 0.717) is 0 Å². The Labute approximate surface area is 98.2 Å². The second kappa shape index (κ2) is 5.28. The maximum Gasteiger partial charge on any atom is 0.257 e. The number of nitrogens with zero attached hydrogens (tertiary/aromatic N) is 1. The smallest absolute Gasteiger partial charge is 0.257 e. The van der Waals surface area contributed by atoms with Gasteiger partial charge in [0.15, 0.2) is 5.58 Å². The average Bonchev–Trinajstić information content (AvgIpc) is 2.67. The van der Waals surface area contributed by atoms with Gasteiger partial charge in [0.05, 0.1) is 0 Å². The summed E-state index contributed by atoms with van der Waals surface area (Å²) < 4.78 is 5.55. The molecule has 2 nitrogen and oxygen atoms in total. The van der Waals surface area contributed by atoms with Crippen LogP contribution in [0.1, 0.15) is 0 Å². The van der Waals surface area contributed by atoms with Crippen molar-refractivity contribution >= 4 is 35.5 Å². The number of hydrogen-bond acceptors (Lipinski definition) is 4. The molecule has 1 aromatic heterocycles. The molecule has 0 saturated carbocycles. The first kappa shape index (κ1) is 10.6. The summed E-state index contributed by atoms with van der Waals surface area (Å²) in [6.07, 6.45) is 4.07. The molecule has 0 bridgehead atoms. The number of aromatic nitrogens is 1. The Morgan fingerprint density at radius 3 is 3.00 bits per heavy atom. The third kappa shape index (κ3) is 2.79. The van der Waals surface area contributed by atoms with E-state index in [1.807, 2.05) is 30.3 Å². The van der Waals surface area contributed by atoms with Crippen LogP contribution in [0.25, 0.3) is 11.1 Å². The number of fused-ring (bicyclic) bond motifs is 1. The fourth-order valence-electron chi connectivity index (χ4n) is 1.17. The van der Waals surface area contributed by atoms with E-state index in [1.54, 1.807) is 11.8 Å². The maximum absolute atomic E-state index is 5.55. The van der Waals surface area contributed by atoms with E-state index in [-0.39, 0.29) is 0 Å². The van der Waals surface area contributed by atoms with Gasteiger partial charge in [-0.05, 0) is 12.1 Å². The Morgan fingerprint density at radius 1 is 1.33 bits per heavy atom. The molecule has 1 heterocycles. The summed E-state index contributed by atoms with van der Waals surface area (Å²) in [5.74, 6) is 1.64. The molecule has 0 N–H and O–H groups in total. The molecule has 0 atom stereocenters. The third-order valence-electron chi connectivity index (χ3n) is 1.85. The lowest BCUT2D eigenvalue weighted by atomic mass is 10.3. The summed E-state index contributed by atoms with van der Waals surface area (Å²) in [6.45, 7) is 0. The lowest BCUT2D eigenvalue weighted by Gasteiger charge is -1.87. The van der Waals surface area contributed by atoms with E-state index >= 15 is 0 Å². The van der Waals surface area contributed by atoms with Crippen molar-refractivity contribution in [3.05, 3.63) is 36.4 Å². The first-order chi connectivity index (χ1) is 7.40. The van der Waals surface area contributed by atoms with Gasteiger partial charge in [0.1, 0.15) is 5.52 Å². The van der Waals surface area contributed by atoms with Crippen molar-refractivity contribution in [2.75, 3.05) is 11.5 Å². The van der Waals surface area contributed by atoms with Crippen molar-refractivity contribution in [2.45, 2.75) is 5.22 Å². The van der Waals surface area contributed by atoms with Crippen LogP contribution in [0.15, 0.2) is 46.1 Å². The number of para-hydroxylation sites is 2. The van der Waals surface area contributed by atoms with Crippen LogP contribution in [0.5, 0.6) is 0 Å². The highest BCUT2D eigenvalue weighted by Crippen LogP contribution is 2.22. The van der Waals surface area contributed by atoms with E-state index in [9.17, 15) is 0 Å². The molecule has 4 heteroatoms. The first-order valence-corrected chi connectivity index (χ1v) is 6.26. The molecule has 15 heavy (non-hydrogen) atoms. The number of thiol groups is 1. The van der Waals surface area contributed by atoms with Crippen molar-refractivity contribution < 1.29 is 4.42 Å². The van der Waals surface area contributed by atoms with Crippen LogP contribution in [-0.4, -0.2) is 16.5 Å². The van der Waals surface area contributed by atoms with Gasteiger partial charge in [-0.15, -0.1) is 0 Å². The van der Waals surface area contributed by atoms with Crippen molar-refractivity contribution in [1.82, 2.24) is 4.98 Å². The van der Waals surface area contributed by atoms with Gasteiger partial charge >= 0.3 is 0 Å². The molecule has 0 amide bonds. The van der Waals surface area contributed by atoms with Crippen LogP contribution in [0.3, 0.4) is 0 Å². The predicted molar refractivity (Wildman–Crippen MR) is 67.7 cm³/mol. The van der Waals surface area contributed by atoms with Crippen LogP contribution in [0.2, 0.25) is 0 Å². The van der Waals surface area contributed by atoms with Gasteiger partial charge < -0.3 is 4.42 Å². The predicted octanol–water partition coefficient (Wildman–Crippen LogP) is 3.41. The number of hydrogen-bond donors (Lipinski definition) is 1. The van der Waals surface area contributed by atoms with Crippen LogP contribution in [0.4, 0.5) is 0 Å². The molecule has 2 rings (SSSR count). The molecule has 1 aromatic carbocycles. The maximum atomic E-state index is 5.55. The molecule has 2 aromatic rings. The fourth-order valence-corrected chi connectivity index (χ4v) is 2.01. The largest absolute Gasteiger partial charge is 0.431 e. The number of thioether (sulfide) groups is 1. The van der Waals surface area contributed by atoms with Gasteiger partial charge in [0.25, 0.3) is 5.22 Å². The summed E-state index contributed by atoms with van der Waals surface area (Å²) in [5.41, 5.74) is 1.76. The Hall–Kier alpha value is -0.870. The summed E-state index contributed by atoms with van der Waals surface area (Å²) in [5, 5.41) is 0.722. The van der Waals surface area contributed by atoms with Gasteiger partial charge in [-0.1, -0.05) is 36.0 Å². The molecule has 78 valence electrons. The van der Waals surface area contributed by atoms with Crippen LogP contribution in [-0.2, 0) is 0 Å². The number of rotatable bonds is 4. The van der Waals surface area contributed by atoms with E-state index in [0.717, 1.165) is 27.8 Å². The average molecular weight is 237 g/mol. The van der Waals surface area contributed by atoms with Gasteiger partial charge in [-0.2, -0.15) is 12.6 Å². The lowest BCUT2D eigenvalue weighted by molar-refractivity contribution is 0.490. The number of benzene rings is 1. The molecule has 0 unspecified atom stereocenters. The first-order valence-electron chi connectivity index (χ1n) is 4.64. The SMILES string of the molecule is SCC=CCSc1nc2ccccc2o1. The number of oxazole rings is 1. The highest BCUT2D eigenvalue weighted by Gasteiger charge is 2.03. The van der Waals surface area contributed by atoms with Gasteiger partial charge in [-0.25, -0.2) is 4.98 Å². The second-order valence-electron chi connectivity index (χ2n) is 2.91. The third-order valence-corrected chi connectivity index (χ3v) is 2.84. The summed E-state index contributed by atoms with van der Waals surface area (Å²) in [6, 6.07) is 7.78. The molecule has 0 radical (unpaired) electrons. The van der Waals surface area contributed by atoms with Crippen LogP contribution >= 0.6 is 24.4 Å². The van der Waals surface area contributed by atoms with Crippen molar-refractivity contribution in [3.63, 3.8) is 0 Å². The topological polar surface area (TPSA) is 26.0 Å². The summed E-state index contributed by atoms with van der Waals surface area (Å²) in [4.78, 5) is 4.35. The lowest BCUT2D eigenvalue weighted by Crippen LogP contribution is -1.73. The molecule has 0 spiro atoms. The zero-order valence-electron chi connectivity index (χ0n) is 8.09. The molecule has 0 aliphatic heterocycles. The highest BCUT2D eigenvalue weighted by molar-refractivity contribution is 7.99. The monoisotopic (exact) mass is 237 g/mol. The molecule has 0 aliphatic rings. The normalized spacial score (nSPS) is 11.5. The van der Waals surface area contributed by atoms with Gasteiger partial charge in [0.2, 0.25) is 0 Å². The highest BCUT2D eigenvalue weighted by atomic mass is 32.2. The van der Waals surface area contributed by atoms with E-state index in [1.165, 1.54) is 0 Å². The van der Waals surface area contributed by atoms with Crippen LogP contribution < -0.4 is 0 Å². The summed E-state index contributed by atoms with van der Waals surface area (Å²) >= 11 is 5.67. The minimum atomic E-state index is 0.722. The van der Waals surface area contributed by atoms with Crippen molar-refractivity contribution in [1.29, 1.82) is 0 Å². The van der Waals surface area contributed by atoms with Crippen molar-refractivity contribution in [3.8, 4) is 0 Å².